The van der Waals surface area contributed by atoms with Crippen LogP contribution >= 0.6 is 15.9 Å². The average Bonchev–Trinajstić information content (AvgIpc) is 2.33. The maximum atomic E-state index is 11.4. The summed E-state index contributed by atoms with van der Waals surface area (Å²) in [6, 6.07) is 5.46. The molecule has 0 fully saturated rings. The number of ether oxygens (including phenoxy) is 1. The highest BCUT2D eigenvalue weighted by molar-refractivity contribution is 9.10. The van der Waals surface area contributed by atoms with E-state index in [0.29, 0.717) is 16.9 Å². The summed E-state index contributed by atoms with van der Waals surface area (Å²) in [4.78, 5) is 22.7. The summed E-state index contributed by atoms with van der Waals surface area (Å²) in [6.45, 7) is 4.70. The number of rotatable bonds is 2. The van der Waals surface area contributed by atoms with Crippen LogP contribution in [0, 0.1) is 13.8 Å². The van der Waals surface area contributed by atoms with Crippen molar-refractivity contribution >= 4 is 38.6 Å². The molecule has 0 bridgehead atoms. The van der Waals surface area contributed by atoms with E-state index in [1.54, 1.807) is 13.8 Å². The molecule has 0 atom stereocenters. The van der Waals surface area contributed by atoms with E-state index >= 15 is 0 Å². The Morgan fingerprint density at radius 3 is 2.35 bits per heavy atom. The summed E-state index contributed by atoms with van der Waals surface area (Å²) in [5.74, 6) is -1.20. The van der Waals surface area contributed by atoms with Crippen LogP contribution in [0.1, 0.15) is 28.4 Å². The molecule has 0 radical (unpaired) electrons. The van der Waals surface area contributed by atoms with Gasteiger partial charge in [-0.3, -0.25) is 4.79 Å². The molecule has 0 aliphatic heterocycles. The van der Waals surface area contributed by atoms with Gasteiger partial charge in [0, 0.05) is 22.3 Å². The fraction of sp³-hybridized carbons (Fsp3) is 0.200. The van der Waals surface area contributed by atoms with Gasteiger partial charge < -0.3 is 9.84 Å². The molecule has 2 rings (SSSR count). The number of carbonyl (C=O) groups excluding carboxylic acids is 1. The lowest BCUT2D eigenvalue weighted by Gasteiger charge is -2.16. The van der Waals surface area contributed by atoms with Crippen LogP contribution in [0.3, 0.4) is 0 Å². The molecule has 104 valence electrons. The maximum absolute atomic E-state index is 11.4. The van der Waals surface area contributed by atoms with Crippen molar-refractivity contribution in [2.75, 3.05) is 0 Å². The zero-order valence-electron chi connectivity index (χ0n) is 11.3. The summed E-state index contributed by atoms with van der Waals surface area (Å²) < 4.78 is 6.07. The Morgan fingerprint density at radius 1 is 1.15 bits per heavy atom. The summed E-state index contributed by atoms with van der Waals surface area (Å²) in [5.41, 5.74) is 1.29. The van der Waals surface area contributed by atoms with E-state index < -0.39 is 11.9 Å². The van der Waals surface area contributed by atoms with Gasteiger partial charge in [0.1, 0.15) is 5.75 Å². The molecule has 0 amide bonds. The summed E-state index contributed by atoms with van der Waals surface area (Å²) in [5, 5.41) is 10.8. The Hall–Kier alpha value is -1.88. The highest BCUT2D eigenvalue weighted by atomic mass is 79.9. The van der Waals surface area contributed by atoms with E-state index in [2.05, 4.69) is 15.9 Å². The Kier molecular flexibility index (Phi) is 3.81. The Morgan fingerprint density at radius 2 is 1.80 bits per heavy atom. The Labute approximate surface area is 124 Å². The number of aromatic carboxylic acids is 1. The van der Waals surface area contributed by atoms with Crippen LogP contribution in [0.2, 0.25) is 0 Å². The Balaban J connectivity index is 2.95. The quantitative estimate of drug-likeness (QED) is 0.668. The van der Waals surface area contributed by atoms with Crippen molar-refractivity contribution in [2.45, 2.75) is 20.8 Å². The number of carboxylic acid groups (broad SMARTS) is 1. The molecule has 0 aliphatic rings. The molecule has 2 aromatic carbocycles. The van der Waals surface area contributed by atoms with Crippen molar-refractivity contribution in [1.29, 1.82) is 0 Å². The maximum Gasteiger partial charge on any atom is 0.336 e. The number of halogens is 1. The minimum absolute atomic E-state index is 0.177. The summed E-state index contributed by atoms with van der Waals surface area (Å²) in [6.07, 6.45) is 0. The fourth-order valence-corrected chi connectivity index (χ4v) is 2.72. The fourth-order valence-electron chi connectivity index (χ4n) is 2.36. The third-order valence-corrected chi connectivity index (χ3v) is 3.67. The van der Waals surface area contributed by atoms with Gasteiger partial charge in [0.25, 0.3) is 0 Å². The molecule has 0 saturated carbocycles. The molecular formula is C15H13BrO4. The smallest absolute Gasteiger partial charge is 0.336 e. The van der Waals surface area contributed by atoms with Gasteiger partial charge in [0.05, 0.1) is 5.56 Å². The standard InChI is InChI=1S/C15H13BrO4/c1-7-11-5-4-10(16)6-12(11)14(20-9(3)17)8(2)13(7)15(18)19/h4-6H,1-3H3,(H,18,19). The molecule has 0 heterocycles. The van der Waals surface area contributed by atoms with Crippen molar-refractivity contribution in [2.24, 2.45) is 0 Å². The number of carbonyl (C=O) groups is 2. The van der Waals surface area contributed by atoms with Gasteiger partial charge in [-0.15, -0.1) is 0 Å². The van der Waals surface area contributed by atoms with Crippen molar-refractivity contribution in [3.8, 4) is 5.75 Å². The van der Waals surface area contributed by atoms with Crippen LogP contribution in [-0.4, -0.2) is 17.0 Å². The topological polar surface area (TPSA) is 63.6 Å². The SMILES string of the molecule is CC(=O)Oc1c(C)c(C(=O)O)c(C)c2ccc(Br)cc12. The predicted molar refractivity (Wildman–Crippen MR) is 79.4 cm³/mol. The van der Waals surface area contributed by atoms with Gasteiger partial charge in [-0.05, 0) is 36.9 Å². The second kappa shape index (κ2) is 5.25. The number of hydrogen-bond donors (Lipinski definition) is 1. The molecule has 0 unspecified atom stereocenters. The minimum atomic E-state index is -1.03. The van der Waals surface area contributed by atoms with Crippen molar-refractivity contribution in [1.82, 2.24) is 0 Å². The highest BCUT2D eigenvalue weighted by Gasteiger charge is 2.21. The molecular weight excluding hydrogens is 324 g/mol. The largest absolute Gasteiger partial charge is 0.478 e. The molecule has 2 aromatic rings. The predicted octanol–water partition coefficient (Wildman–Crippen LogP) is 3.84. The van der Waals surface area contributed by atoms with Gasteiger partial charge in [-0.1, -0.05) is 22.0 Å². The first-order chi connectivity index (χ1) is 9.32. The number of esters is 1. The van der Waals surface area contributed by atoms with E-state index in [1.165, 1.54) is 6.92 Å². The van der Waals surface area contributed by atoms with Crippen molar-refractivity contribution in [3.05, 3.63) is 39.4 Å². The first kappa shape index (κ1) is 14.5. The van der Waals surface area contributed by atoms with E-state index in [0.717, 1.165) is 15.2 Å². The number of fused-ring (bicyclic) bond motifs is 1. The third kappa shape index (κ3) is 2.41. The van der Waals surface area contributed by atoms with Crippen LogP contribution in [-0.2, 0) is 4.79 Å². The highest BCUT2D eigenvalue weighted by Crippen LogP contribution is 2.37. The molecule has 20 heavy (non-hydrogen) atoms. The monoisotopic (exact) mass is 336 g/mol. The van der Waals surface area contributed by atoms with E-state index in [-0.39, 0.29) is 5.56 Å². The summed E-state index contributed by atoms with van der Waals surface area (Å²) in [7, 11) is 0. The average molecular weight is 337 g/mol. The molecule has 0 saturated heterocycles. The first-order valence-electron chi connectivity index (χ1n) is 5.97. The molecule has 4 nitrogen and oxygen atoms in total. The molecule has 0 aromatic heterocycles. The molecule has 0 aliphatic carbocycles. The van der Waals surface area contributed by atoms with Crippen LogP contribution in [0.25, 0.3) is 10.8 Å². The zero-order chi connectivity index (χ0) is 15.0. The lowest BCUT2D eigenvalue weighted by Crippen LogP contribution is -2.09. The van der Waals surface area contributed by atoms with Crippen LogP contribution < -0.4 is 4.74 Å². The van der Waals surface area contributed by atoms with Gasteiger partial charge >= 0.3 is 11.9 Å². The van der Waals surface area contributed by atoms with Crippen LogP contribution in [0.5, 0.6) is 5.75 Å². The van der Waals surface area contributed by atoms with E-state index in [4.69, 9.17) is 4.74 Å². The normalized spacial score (nSPS) is 10.6. The number of hydrogen-bond acceptors (Lipinski definition) is 3. The van der Waals surface area contributed by atoms with Crippen molar-refractivity contribution in [3.63, 3.8) is 0 Å². The lowest BCUT2D eigenvalue weighted by molar-refractivity contribution is -0.131. The third-order valence-electron chi connectivity index (χ3n) is 3.18. The second-order valence-electron chi connectivity index (χ2n) is 4.54. The first-order valence-corrected chi connectivity index (χ1v) is 6.76. The Bertz CT molecular complexity index is 734. The summed E-state index contributed by atoms with van der Waals surface area (Å²) >= 11 is 3.37. The molecule has 1 N–H and O–H groups in total. The lowest BCUT2D eigenvalue weighted by atomic mass is 9.94. The van der Waals surface area contributed by atoms with Crippen molar-refractivity contribution < 1.29 is 19.4 Å². The van der Waals surface area contributed by atoms with Crippen LogP contribution in [0.4, 0.5) is 0 Å². The van der Waals surface area contributed by atoms with Gasteiger partial charge in [-0.25, -0.2) is 4.79 Å². The molecule has 0 spiro atoms. The van der Waals surface area contributed by atoms with Crippen LogP contribution in [0.15, 0.2) is 22.7 Å². The number of benzene rings is 2. The number of carboxylic acids is 1. The minimum Gasteiger partial charge on any atom is -0.478 e. The van der Waals surface area contributed by atoms with E-state index in [1.807, 2.05) is 18.2 Å². The molecule has 5 heteroatoms. The van der Waals surface area contributed by atoms with Gasteiger partial charge in [-0.2, -0.15) is 0 Å². The number of aryl methyl sites for hydroxylation is 1. The van der Waals surface area contributed by atoms with E-state index in [9.17, 15) is 14.7 Å². The van der Waals surface area contributed by atoms with Gasteiger partial charge in [0.15, 0.2) is 0 Å². The zero-order valence-corrected chi connectivity index (χ0v) is 12.9. The second-order valence-corrected chi connectivity index (χ2v) is 5.46. The van der Waals surface area contributed by atoms with Gasteiger partial charge in [0.2, 0.25) is 0 Å².